The fourth-order valence-electron chi connectivity index (χ4n) is 2.29. The van der Waals surface area contributed by atoms with Crippen LogP contribution in [0.1, 0.15) is 5.56 Å². The molecule has 94 valence electrons. The zero-order valence-corrected chi connectivity index (χ0v) is 10.4. The number of allylic oxidation sites excluding steroid dienone is 3. The molecule has 1 amide bonds. The predicted molar refractivity (Wildman–Crippen MR) is 75.6 cm³/mol. The van der Waals surface area contributed by atoms with Gasteiger partial charge in [-0.1, -0.05) is 54.6 Å². The Hall–Kier alpha value is -2.42. The molecule has 0 fully saturated rings. The molecule has 1 heterocycles. The van der Waals surface area contributed by atoms with Gasteiger partial charge in [-0.25, -0.2) is 0 Å². The van der Waals surface area contributed by atoms with Crippen LogP contribution in [-0.4, -0.2) is 12.1 Å². The summed E-state index contributed by atoms with van der Waals surface area (Å²) in [5, 5.41) is 2.97. The molecule has 0 bridgehead atoms. The number of hydrogen-bond acceptors (Lipinski definition) is 2. The maximum Gasteiger partial charge on any atom is 0.240 e. The number of carbonyl (C=O) groups excluding carboxylic acids is 1. The van der Waals surface area contributed by atoms with Crippen molar-refractivity contribution in [3.05, 3.63) is 72.0 Å². The van der Waals surface area contributed by atoms with Gasteiger partial charge in [0.15, 0.2) is 0 Å². The summed E-state index contributed by atoms with van der Waals surface area (Å²) < 4.78 is 0. The van der Waals surface area contributed by atoms with Crippen LogP contribution in [-0.2, 0) is 11.3 Å². The lowest BCUT2D eigenvalue weighted by Gasteiger charge is -2.25. The third-order valence-electron chi connectivity index (χ3n) is 3.39. The second-order valence-electron chi connectivity index (χ2n) is 4.62. The monoisotopic (exact) mass is 250 g/mol. The number of nitrogens with one attached hydrogen (secondary N) is 1. The molecule has 0 spiro atoms. The molecular weight excluding hydrogens is 236 g/mol. The summed E-state index contributed by atoms with van der Waals surface area (Å²) in [6.07, 6.45) is 11.1. The molecule has 1 N–H and O–H groups in total. The second kappa shape index (κ2) is 4.69. The van der Waals surface area contributed by atoms with Crippen LogP contribution in [0, 0.1) is 5.41 Å². The molecule has 2 aliphatic rings. The van der Waals surface area contributed by atoms with Crippen molar-refractivity contribution >= 4 is 12.1 Å². The SMILES string of the molecule is O=C(NCc1ccccc1)C12C=CC=CC1=CN=C2. The average Bonchev–Trinajstić information content (AvgIpc) is 2.91. The Bertz CT molecular complexity index is 611. The highest BCUT2D eigenvalue weighted by atomic mass is 16.2. The number of amides is 1. The number of benzene rings is 1. The molecule has 1 aliphatic heterocycles. The van der Waals surface area contributed by atoms with Crippen molar-refractivity contribution in [1.29, 1.82) is 0 Å². The van der Waals surface area contributed by atoms with Gasteiger partial charge in [-0.3, -0.25) is 9.79 Å². The van der Waals surface area contributed by atoms with Gasteiger partial charge in [-0.15, -0.1) is 0 Å². The molecule has 1 aromatic carbocycles. The van der Waals surface area contributed by atoms with Gasteiger partial charge in [0.2, 0.25) is 5.91 Å². The van der Waals surface area contributed by atoms with Crippen molar-refractivity contribution in [1.82, 2.24) is 5.32 Å². The van der Waals surface area contributed by atoms with Crippen LogP contribution in [0.4, 0.5) is 0 Å². The van der Waals surface area contributed by atoms with Crippen molar-refractivity contribution < 1.29 is 4.79 Å². The van der Waals surface area contributed by atoms with Gasteiger partial charge in [0.25, 0.3) is 0 Å². The van der Waals surface area contributed by atoms with Crippen molar-refractivity contribution in [2.24, 2.45) is 10.4 Å². The van der Waals surface area contributed by atoms with Gasteiger partial charge >= 0.3 is 0 Å². The van der Waals surface area contributed by atoms with Crippen LogP contribution in [0.3, 0.4) is 0 Å². The van der Waals surface area contributed by atoms with E-state index in [0.29, 0.717) is 6.54 Å². The number of aliphatic imine (C=N–C) groups is 1. The molecule has 0 radical (unpaired) electrons. The highest BCUT2D eigenvalue weighted by Crippen LogP contribution is 2.35. The quantitative estimate of drug-likeness (QED) is 0.879. The first-order valence-corrected chi connectivity index (χ1v) is 6.24. The van der Waals surface area contributed by atoms with Crippen LogP contribution in [0.25, 0.3) is 0 Å². The standard InChI is InChI=1S/C16H14N2O/c19-15(18-10-13-6-2-1-3-7-13)16-9-5-4-8-14(16)11-17-12-16/h1-9,11-12H,10H2,(H,18,19). The highest BCUT2D eigenvalue weighted by Gasteiger charge is 2.40. The molecule has 1 atom stereocenters. The van der Waals surface area contributed by atoms with Crippen molar-refractivity contribution in [2.45, 2.75) is 6.54 Å². The summed E-state index contributed by atoms with van der Waals surface area (Å²) >= 11 is 0. The third kappa shape index (κ3) is 2.03. The Balaban J connectivity index is 1.74. The number of nitrogens with zero attached hydrogens (tertiary/aromatic N) is 1. The topological polar surface area (TPSA) is 41.5 Å². The number of fused-ring (bicyclic) bond motifs is 1. The van der Waals surface area contributed by atoms with Crippen LogP contribution in [0.15, 0.2) is 71.4 Å². The minimum atomic E-state index is -0.719. The van der Waals surface area contributed by atoms with E-state index in [9.17, 15) is 4.79 Å². The zero-order valence-electron chi connectivity index (χ0n) is 10.4. The minimum Gasteiger partial charge on any atom is -0.351 e. The summed E-state index contributed by atoms with van der Waals surface area (Å²) in [5.41, 5.74) is 1.28. The minimum absolute atomic E-state index is 0.0375. The lowest BCUT2D eigenvalue weighted by atomic mass is 9.79. The van der Waals surface area contributed by atoms with E-state index in [-0.39, 0.29) is 5.91 Å². The van der Waals surface area contributed by atoms with E-state index in [1.807, 2.05) is 54.6 Å². The molecule has 0 saturated heterocycles. The maximum atomic E-state index is 12.4. The Morgan fingerprint density at radius 3 is 2.89 bits per heavy atom. The van der Waals surface area contributed by atoms with Crippen LogP contribution >= 0.6 is 0 Å². The molecule has 1 aliphatic carbocycles. The molecule has 3 nitrogen and oxygen atoms in total. The fourth-order valence-corrected chi connectivity index (χ4v) is 2.29. The van der Waals surface area contributed by atoms with Gasteiger partial charge in [-0.05, 0) is 11.1 Å². The number of rotatable bonds is 3. The molecular formula is C16H14N2O. The van der Waals surface area contributed by atoms with Crippen LogP contribution in [0.2, 0.25) is 0 Å². The lowest BCUT2D eigenvalue weighted by molar-refractivity contribution is -0.124. The Labute approximate surface area is 112 Å². The fraction of sp³-hybridized carbons (Fsp3) is 0.125. The molecule has 19 heavy (non-hydrogen) atoms. The van der Waals surface area contributed by atoms with E-state index in [2.05, 4.69) is 10.3 Å². The van der Waals surface area contributed by atoms with Crippen molar-refractivity contribution in [2.75, 3.05) is 0 Å². The highest BCUT2D eigenvalue weighted by molar-refractivity contribution is 6.06. The summed E-state index contributed by atoms with van der Waals surface area (Å²) in [6, 6.07) is 9.88. The summed E-state index contributed by atoms with van der Waals surface area (Å²) in [6.45, 7) is 0.528. The largest absolute Gasteiger partial charge is 0.351 e. The average molecular weight is 250 g/mol. The smallest absolute Gasteiger partial charge is 0.240 e. The Kier molecular flexibility index (Phi) is 2.88. The van der Waals surface area contributed by atoms with E-state index in [4.69, 9.17) is 0 Å². The van der Waals surface area contributed by atoms with Gasteiger partial charge < -0.3 is 5.32 Å². The number of hydrogen-bond donors (Lipinski definition) is 1. The Morgan fingerprint density at radius 2 is 2.05 bits per heavy atom. The first kappa shape index (κ1) is 11.7. The van der Waals surface area contributed by atoms with Crippen LogP contribution in [0.5, 0.6) is 0 Å². The van der Waals surface area contributed by atoms with Gasteiger partial charge in [0, 0.05) is 19.0 Å². The first-order chi connectivity index (χ1) is 9.31. The van der Waals surface area contributed by atoms with Crippen molar-refractivity contribution in [3.63, 3.8) is 0 Å². The summed E-state index contributed by atoms with van der Waals surface area (Å²) in [5.74, 6) is -0.0375. The van der Waals surface area contributed by atoms with E-state index in [0.717, 1.165) is 11.1 Å². The molecule has 0 saturated carbocycles. The first-order valence-electron chi connectivity index (χ1n) is 6.24. The normalized spacial score (nSPS) is 23.1. The maximum absolute atomic E-state index is 12.4. The second-order valence-corrected chi connectivity index (χ2v) is 4.62. The van der Waals surface area contributed by atoms with E-state index in [1.165, 1.54) is 0 Å². The zero-order chi connectivity index (χ0) is 13.1. The van der Waals surface area contributed by atoms with Crippen LogP contribution < -0.4 is 5.32 Å². The summed E-state index contributed by atoms with van der Waals surface area (Å²) in [4.78, 5) is 16.6. The van der Waals surface area contributed by atoms with E-state index < -0.39 is 5.41 Å². The molecule has 1 aromatic rings. The molecule has 1 unspecified atom stereocenters. The van der Waals surface area contributed by atoms with E-state index >= 15 is 0 Å². The lowest BCUT2D eigenvalue weighted by Crippen LogP contribution is -2.41. The summed E-state index contributed by atoms with van der Waals surface area (Å²) in [7, 11) is 0. The molecule has 3 rings (SSSR count). The molecule has 3 heteroatoms. The Morgan fingerprint density at radius 1 is 1.21 bits per heavy atom. The van der Waals surface area contributed by atoms with Crippen molar-refractivity contribution in [3.8, 4) is 0 Å². The third-order valence-corrected chi connectivity index (χ3v) is 3.39. The predicted octanol–water partition coefficient (Wildman–Crippen LogP) is 2.38. The van der Waals surface area contributed by atoms with Gasteiger partial charge in [0.05, 0.1) is 0 Å². The molecule has 0 aromatic heterocycles. The van der Waals surface area contributed by atoms with Gasteiger partial charge in [-0.2, -0.15) is 0 Å². The number of carbonyl (C=O) groups is 1. The van der Waals surface area contributed by atoms with Gasteiger partial charge in [0.1, 0.15) is 5.41 Å². The van der Waals surface area contributed by atoms with E-state index in [1.54, 1.807) is 12.4 Å².